The molecule has 0 unspecified atom stereocenters. The quantitative estimate of drug-likeness (QED) is 0.197. The van der Waals surface area contributed by atoms with Crippen molar-refractivity contribution in [3.05, 3.63) is 48.0 Å². The van der Waals surface area contributed by atoms with Crippen molar-refractivity contribution in [1.29, 1.82) is 0 Å². The van der Waals surface area contributed by atoms with Crippen LogP contribution < -0.4 is 4.74 Å². The third kappa shape index (κ3) is 9.61. The van der Waals surface area contributed by atoms with Crippen molar-refractivity contribution in [2.24, 2.45) is 0 Å². The Labute approximate surface area is 193 Å². The Kier molecular flexibility index (Phi) is 11.6. The van der Waals surface area contributed by atoms with Gasteiger partial charge in [0.15, 0.2) is 0 Å². The highest BCUT2D eigenvalue weighted by Crippen LogP contribution is 2.35. The number of phenolic OH excluding ortho intramolecular Hbond substituents is 1. The lowest BCUT2D eigenvalue weighted by atomic mass is 10.0. The highest BCUT2D eigenvalue weighted by molar-refractivity contribution is 7.86. The summed E-state index contributed by atoms with van der Waals surface area (Å²) < 4.78 is 38.7. The van der Waals surface area contributed by atoms with E-state index in [2.05, 4.69) is 6.92 Å². The molecule has 0 saturated heterocycles. The van der Waals surface area contributed by atoms with Crippen LogP contribution in [-0.2, 0) is 16.5 Å². The van der Waals surface area contributed by atoms with E-state index in [4.69, 9.17) is 4.74 Å². The van der Waals surface area contributed by atoms with Crippen molar-refractivity contribution in [3.8, 4) is 17.2 Å². The van der Waals surface area contributed by atoms with Crippen molar-refractivity contribution in [3.63, 3.8) is 0 Å². The van der Waals surface area contributed by atoms with E-state index in [-0.39, 0.29) is 11.5 Å². The Bertz CT molecular complexity index is 894. The molecule has 0 aliphatic carbocycles. The number of ether oxygens (including phenoxy) is 1. The first-order valence-corrected chi connectivity index (χ1v) is 13.4. The zero-order chi connectivity index (χ0) is 23.2. The second-order valence-corrected chi connectivity index (χ2v) is 9.85. The van der Waals surface area contributed by atoms with Gasteiger partial charge in [0.25, 0.3) is 10.1 Å². The number of aromatic hydroxyl groups is 1. The molecule has 0 aliphatic rings. The van der Waals surface area contributed by atoms with Gasteiger partial charge in [-0.2, -0.15) is 8.42 Å². The lowest BCUT2D eigenvalue weighted by molar-refractivity contribution is 0.434. The summed E-state index contributed by atoms with van der Waals surface area (Å²) in [6, 6.07) is 11.4. The van der Waals surface area contributed by atoms with E-state index < -0.39 is 15.0 Å². The molecular weight excluding hydrogens is 424 g/mol. The normalized spacial score (nSPS) is 11.6. The SMILES string of the molecule is CCCCCCCCCCCCCCc1cc(Oc2ccccc2)c(S(=O)(=O)O)cc1O. The summed E-state index contributed by atoms with van der Waals surface area (Å²) in [5, 5.41) is 10.3. The Balaban J connectivity index is 1.80. The lowest BCUT2D eigenvalue weighted by Crippen LogP contribution is -2.02. The number of phenols is 1. The average molecular weight is 463 g/mol. The second kappa shape index (κ2) is 14.2. The molecule has 0 radical (unpaired) electrons. The molecule has 32 heavy (non-hydrogen) atoms. The van der Waals surface area contributed by atoms with Gasteiger partial charge in [-0.25, -0.2) is 0 Å². The molecule has 0 amide bonds. The summed E-state index contributed by atoms with van der Waals surface area (Å²) in [6.07, 6.45) is 15.6. The standard InChI is InChI=1S/C26H38O5S/c1-2-3-4-5-6-7-8-9-10-11-12-14-17-22-20-25(31-23-18-15-13-16-19-23)26(21-24(22)27)32(28,29)30/h13,15-16,18-21,27H,2-12,14,17H2,1H3,(H,28,29,30). The minimum atomic E-state index is -4.52. The van der Waals surface area contributed by atoms with Crippen LogP contribution in [0.25, 0.3) is 0 Å². The molecule has 0 atom stereocenters. The zero-order valence-corrected chi connectivity index (χ0v) is 20.1. The smallest absolute Gasteiger partial charge is 0.298 e. The first-order valence-electron chi connectivity index (χ1n) is 12.0. The average Bonchev–Trinajstić information content (AvgIpc) is 2.76. The highest BCUT2D eigenvalue weighted by atomic mass is 32.2. The third-order valence-electron chi connectivity index (χ3n) is 5.69. The minimum absolute atomic E-state index is 0.0189. The summed E-state index contributed by atoms with van der Waals surface area (Å²) >= 11 is 0. The van der Waals surface area contributed by atoms with Crippen molar-refractivity contribution >= 4 is 10.1 Å². The molecule has 0 saturated carbocycles. The van der Waals surface area contributed by atoms with Crippen LogP contribution >= 0.6 is 0 Å². The van der Waals surface area contributed by atoms with Crippen molar-refractivity contribution in [1.82, 2.24) is 0 Å². The van der Waals surface area contributed by atoms with Crippen LogP contribution in [0.15, 0.2) is 47.4 Å². The molecule has 2 aromatic carbocycles. The number of benzene rings is 2. The fourth-order valence-electron chi connectivity index (χ4n) is 3.84. The van der Waals surface area contributed by atoms with Gasteiger partial charge in [0, 0.05) is 6.07 Å². The van der Waals surface area contributed by atoms with E-state index in [9.17, 15) is 18.1 Å². The predicted molar refractivity (Wildman–Crippen MR) is 129 cm³/mol. The van der Waals surface area contributed by atoms with Gasteiger partial charge in [-0.3, -0.25) is 4.55 Å². The van der Waals surface area contributed by atoms with Crippen molar-refractivity contribution < 1.29 is 22.8 Å². The van der Waals surface area contributed by atoms with Gasteiger partial charge in [0.2, 0.25) is 0 Å². The van der Waals surface area contributed by atoms with E-state index in [1.54, 1.807) is 24.3 Å². The molecule has 0 bridgehead atoms. The molecule has 2 N–H and O–H groups in total. The molecule has 0 spiro atoms. The third-order valence-corrected chi connectivity index (χ3v) is 6.57. The van der Waals surface area contributed by atoms with Gasteiger partial charge in [0.1, 0.15) is 22.1 Å². The molecule has 0 fully saturated rings. The largest absolute Gasteiger partial charge is 0.508 e. The number of rotatable bonds is 16. The maximum atomic E-state index is 11.7. The van der Waals surface area contributed by atoms with Gasteiger partial charge in [0.05, 0.1) is 0 Å². The van der Waals surface area contributed by atoms with Crippen LogP contribution in [0.3, 0.4) is 0 Å². The van der Waals surface area contributed by atoms with E-state index in [0.29, 0.717) is 17.7 Å². The first kappa shape index (κ1) is 26.2. The number of hydrogen-bond acceptors (Lipinski definition) is 4. The van der Waals surface area contributed by atoms with Crippen LogP contribution in [0, 0.1) is 0 Å². The minimum Gasteiger partial charge on any atom is -0.508 e. The Morgan fingerprint density at radius 1 is 0.781 bits per heavy atom. The molecule has 2 aromatic rings. The molecule has 0 heterocycles. The van der Waals surface area contributed by atoms with Crippen LogP contribution in [0.1, 0.15) is 89.5 Å². The van der Waals surface area contributed by atoms with Gasteiger partial charge in [-0.15, -0.1) is 0 Å². The summed E-state index contributed by atoms with van der Waals surface area (Å²) in [7, 11) is -4.52. The fourth-order valence-corrected chi connectivity index (χ4v) is 4.46. The van der Waals surface area contributed by atoms with Gasteiger partial charge < -0.3 is 9.84 Å². The van der Waals surface area contributed by atoms with Crippen molar-refractivity contribution in [2.75, 3.05) is 0 Å². The Hall–Kier alpha value is -2.05. The lowest BCUT2D eigenvalue weighted by Gasteiger charge is -2.13. The summed E-state index contributed by atoms with van der Waals surface area (Å²) in [5.74, 6) is 0.339. The predicted octanol–water partition coefficient (Wildman–Crippen LogP) is 7.67. The molecule has 0 aromatic heterocycles. The number of unbranched alkanes of at least 4 members (excludes halogenated alkanes) is 11. The monoisotopic (exact) mass is 462 g/mol. The van der Waals surface area contributed by atoms with Gasteiger partial charge in [-0.05, 0) is 36.6 Å². The van der Waals surface area contributed by atoms with Crippen LogP contribution in [0.4, 0.5) is 0 Å². The van der Waals surface area contributed by atoms with E-state index in [0.717, 1.165) is 25.3 Å². The highest BCUT2D eigenvalue weighted by Gasteiger charge is 2.21. The maximum absolute atomic E-state index is 11.7. The van der Waals surface area contributed by atoms with Crippen molar-refractivity contribution in [2.45, 2.75) is 95.3 Å². The first-order chi connectivity index (χ1) is 15.4. The van der Waals surface area contributed by atoms with E-state index >= 15 is 0 Å². The van der Waals surface area contributed by atoms with Gasteiger partial charge >= 0.3 is 0 Å². The van der Waals surface area contributed by atoms with Crippen LogP contribution in [0.5, 0.6) is 17.2 Å². The summed E-state index contributed by atoms with van der Waals surface area (Å²) in [5.41, 5.74) is 0.621. The molecule has 6 heteroatoms. The molecule has 0 aliphatic heterocycles. The molecule has 178 valence electrons. The van der Waals surface area contributed by atoms with E-state index in [1.165, 1.54) is 63.9 Å². The van der Waals surface area contributed by atoms with Gasteiger partial charge in [-0.1, -0.05) is 95.8 Å². The summed E-state index contributed by atoms with van der Waals surface area (Å²) in [6.45, 7) is 2.24. The number of para-hydroxylation sites is 1. The fraction of sp³-hybridized carbons (Fsp3) is 0.538. The second-order valence-electron chi connectivity index (χ2n) is 8.46. The summed E-state index contributed by atoms with van der Waals surface area (Å²) in [4.78, 5) is -0.433. The van der Waals surface area contributed by atoms with Crippen LogP contribution in [-0.4, -0.2) is 18.1 Å². The maximum Gasteiger partial charge on any atom is 0.298 e. The Morgan fingerprint density at radius 3 is 1.84 bits per heavy atom. The molecule has 5 nitrogen and oxygen atoms in total. The zero-order valence-electron chi connectivity index (χ0n) is 19.3. The Morgan fingerprint density at radius 2 is 1.31 bits per heavy atom. The molecular formula is C26H38O5S. The number of hydrogen-bond donors (Lipinski definition) is 2. The topological polar surface area (TPSA) is 83.8 Å². The van der Waals surface area contributed by atoms with Crippen LogP contribution in [0.2, 0.25) is 0 Å². The van der Waals surface area contributed by atoms with E-state index in [1.807, 2.05) is 6.07 Å². The number of aryl methyl sites for hydroxylation is 1. The molecule has 2 rings (SSSR count).